The summed E-state index contributed by atoms with van der Waals surface area (Å²) in [5, 5.41) is 2.82. The Balaban J connectivity index is 1.63. The lowest BCUT2D eigenvalue weighted by atomic mass is 10.1. The number of benzene rings is 1. The van der Waals surface area contributed by atoms with Gasteiger partial charge in [0.2, 0.25) is 5.91 Å². The number of carbonyl (C=O) groups is 1. The highest BCUT2D eigenvalue weighted by atomic mass is 19.1. The number of aromatic amines is 1. The van der Waals surface area contributed by atoms with Crippen molar-refractivity contribution in [1.82, 2.24) is 10.3 Å². The highest BCUT2D eigenvalue weighted by Crippen LogP contribution is 2.47. The third-order valence-corrected chi connectivity index (χ3v) is 4.34. The van der Waals surface area contributed by atoms with Gasteiger partial charge in [-0.05, 0) is 55.5 Å². The van der Waals surface area contributed by atoms with Crippen LogP contribution >= 0.6 is 0 Å². The maximum atomic E-state index is 13.2. The molecule has 1 aromatic carbocycles. The lowest BCUT2D eigenvalue weighted by Crippen LogP contribution is -2.29. The minimum atomic E-state index is -0.282. The molecule has 0 aliphatic heterocycles. The van der Waals surface area contributed by atoms with Crippen LogP contribution in [0.4, 0.5) is 4.39 Å². The molecule has 1 aliphatic carbocycles. The van der Waals surface area contributed by atoms with Crippen LogP contribution in [0.1, 0.15) is 34.7 Å². The second-order valence-electron chi connectivity index (χ2n) is 6.16. The molecule has 1 amide bonds. The second-order valence-corrected chi connectivity index (χ2v) is 6.16. The van der Waals surface area contributed by atoms with Crippen molar-refractivity contribution in [3.8, 4) is 0 Å². The maximum Gasteiger partial charge on any atom is 0.253 e. The van der Waals surface area contributed by atoms with E-state index in [1.165, 1.54) is 12.1 Å². The van der Waals surface area contributed by atoms with E-state index in [1.807, 2.05) is 26.0 Å². The smallest absolute Gasteiger partial charge is 0.253 e. The molecule has 0 radical (unpaired) electrons. The fraction of sp³-hybridized carbons (Fsp3) is 0.333. The minimum absolute atomic E-state index is 0.0723. The predicted octanol–water partition coefficient (Wildman–Crippen LogP) is 2.55. The Bertz CT molecular complexity index is 813. The monoisotopic (exact) mass is 314 g/mol. The summed E-state index contributed by atoms with van der Waals surface area (Å²) in [4.78, 5) is 26.9. The Morgan fingerprint density at radius 3 is 2.83 bits per heavy atom. The first-order valence-corrected chi connectivity index (χ1v) is 7.68. The largest absolute Gasteiger partial charge is 0.352 e. The first kappa shape index (κ1) is 15.5. The first-order valence-electron chi connectivity index (χ1n) is 7.68. The van der Waals surface area contributed by atoms with Crippen LogP contribution in [0.2, 0.25) is 0 Å². The van der Waals surface area contributed by atoms with Crippen LogP contribution in [0.25, 0.3) is 0 Å². The number of rotatable bonds is 4. The highest BCUT2D eigenvalue weighted by Gasteiger charge is 2.43. The lowest BCUT2D eigenvalue weighted by Gasteiger charge is -2.08. The normalized spacial score (nSPS) is 19.4. The van der Waals surface area contributed by atoms with Crippen molar-refractivity contribution in [3.05, 3.63) is 68.9 Å². The van der Waals surface area contributed by atoms with Gasteiger partial charge in [-0.3, -0.25) is 9.59 Å². The molecule has 4 nitrogen and oxygen atoms in total. The minimum Gasteiger partial charge on any atom is -0.352 e. The zero-order chi connectivity index (χ0) is 16.6. The van der Waals surface area contributed by atoms with Crippen LogP contribution in [-0.2, 0) is 11.3 Å². The molecule has 1 fully saturated rings. The third-order valence-electron chi connectivity index (χ3n) is 4.34. The van der Waals surface area contributed by atoms with E-state index in [1.54, 1.807) is 6.07 Å². The van der Waals surface area contributed by atoms with Gasteiger partial charge in [0.15, 0.2) is 0 Å². The van der Waals surface area contributed by atoms with Crippen molar-refractivity contribution < 1.29 is 9.18 Å². The van der Waals surface area contributed by atoms with Gasteiger partial charge in [-0.2, -0.15) is 0 Å². The molecule has 1 saturated carbocycles. The van der Waals surface area contributed by atoms with Crippen LogP contribution in [0, 0.1) is 25.6 Å². The molecule has 1 heterocycles. The topological polar surface area (TPSA) is 62.0 Å². The summed E-state index contributed by atoms with van der Waals surface area (Å²) in [5.41, 5.74) is 2.93. The molecular weight excluding hydrogens is 295 g/mol. The predicted molar refractivity (Wildman–Crippen MR) is 85.6 cm³/mol. The average molecular weight is 314 g/mol. The van der Waals surface area contributed by atoms with Gasteiger partial charge in [-0.15, -0.1) is 0 Å². The van der Waals surface area contributed by atoms with Gasteiger partial charge < -0.3 is 10.3 Å². The van der Waals surface area contributed by atoms with E-state index in [0.717, 1.165) is 23.2 Å². The number of H-pyrrole nitrogens is 1. The van der Waals surface area contributed by atoms with Crippen LogP contribution in [0.3, 0.4) is 0 Å². The van der Waals surface area contributed by atoms with Crippen LogP contribution < -0.4 is 10.9 Å². The molecule has 1 aromatic heterocycles. The number of amides is 1. The molecule has 5 heteroatoms. The number of aromatic nitrogens is 1. The van der Waals surface area contributed by atoms with E-state index < -0.39 is 0 Å². The molecule has 120 valence electrons. The van der Waals surface area contributed by atoms with Crippen LogP contribution in [0.15, 0.2) is 35.1 Å². The van der Waals surface area contributed by atoms with Crippen LogP contribution in [-0.4, -0.2) is 10.9 Å². The Kier molecular flexibility index (Phi) is 4.03. The Morgan fingerprint density at radius 2 is 2.13 bits per heavy atom. The lowest BCUT2D eigenvalue weighted by molar-refractivity contribution is -0.122. The molecule has 0 saturated heterocycles. The van der Waals surface area contributed by atoms with E-state index in [2.05, 4.69) is 10.3 Å². The summed E-state index contributed by atoms with van der Waals surface area (Å²) in [6, 6.07) is 8.26. The highest BCUT2D eigenvalue weighted by molar-refractivity contribution is 5.82. The van der Waals surface area contributed by atoms with Gasteiger partial charge in [0.05, 0.1) is 0 Å². The molecule has 2 aromatic rings. The van der Waals surface area contributed by atoms with Crippen molar-refractivity contribution >= 4 is 5.91 Å². The summed E-state index contributed by atoms with van der Waals surface area (Å²) in [5.74, 6) is -0.432. The molecule has 0 bridgehead atoms. The zero-order valence-corrected chi connectivity index (χ0v) is 13.2. The Morgan fingerprint density at radius 1 is 1.35 bits per heavy atom. The SMILES string of the molecule is Cc1cc(C)c(CNC(=O)[C@@H]2C[C@H]2c2cccc(F)c2)c(=O)[nH]1. The summed E-state index contributed by atoms with van der Waals surface area (Å²) in [6.45, 7) is 3.90. The van der Waals surface area contributed by atoms with Gasteiger partial charge in [0, 0.05) is 23.7 Å². The van der Waals surface area contributed by atoms with Gasteiger partial charge in [-0.25, -0.2) is 4.39 Å². The molecule has 23 heavy (non-hydrogen) atoms. The molecule has 3 rings (SSSR count). The third kappa shape index (κ3) is 3.33. The van der Waals surface area contributed by atoms with E-state index >= 15 is 0 Å². The quantitative estimate of drug-likeness (QED) is 0.911. The van der Waals surface area contributed by atoms with Gasteiger partial charge in [0.1, 0.15) is 5.82 Å². The number of carbonyl (C=O) groups excluding carboxylic acids is 1. The van der Waals surface area contributed by atoms with Crippen molar-refractivity contribution in [1.29, 1.82) is 0 Å². The summed E-state index contributed by atoms with van der Waals surface area (Å²) < 4.78 is 13.2. The number of pyridine rings is 1. The molecule has 0 unspecified atom stereocenters. The summed E-state index contributed by atoms with van der Waals surface area (Å²) >= 11 is 0. The van der Waals surface area contributed by atoms with Crippen molar-refractivity contribution in [2.45, 2.75) is 32.7 Å². The number of aryl methyl sites for hydroxylation is 2. The van der Waals surface area contributed by atoms with Crippen molar-refractivity contribution in [3.63, 3.8) is 0 Å². The van der Waals surface area contributed by atoms with E-state index in [9.17, 15) is 14.0 Å². The standard InChI is InChI=1S/C18H19FN2O2/c1-10-6-11(2)21-18(23)16(10)9-20-17(22)15-8-14(15)12-4-3-5-13(19)7-12/h3-7,14-15H,8-9H2,1-2H3,(H,20,22)(H,21,23)/t14-,15+/m0/s1. The zero-order valence-electron chi connectivity index (χ0n) is 13.2. The number of halogens is 1. The van der Waals surface area contributed by atoms with E-state index in [-0.39, 0.29) is 35.7 Å². The van der Waals surface area contributed by atoms with Crippen molar-refractivity contribution in [2.24, 2.45) is 5.92 Å². The molecule has 1 aliphatic rings. The summed E-state index contributed by atoms with van der Waals surface area (Å²) in [7, 11) is 0. The fourth-order valence-corrected chi connectivity index (χ4v) is 3.00. The Hall–Kier alpha value is -2.43. The second kappa shape index (κ2) is 5.99. The van der Waals surface area contributed by atoms with Crippen LogP contribution in [0.5, 0.6) is 0 Å². The maximum absolute atomic E-state index is 13.2. The molecular formula is C18H19FN2O2. The number of hydrogen-bond acceptors (Lipinski definition) is 2. The van der Waals surface area contributed by atoms with E-state index in [4.69, 9.17) is 0 Å². The average Bonchev–Trinajstić information content (AvgIpc) is 3.26. The Labute approximate surface area is 133 Å². The number of nitrogens with one attached hydrogen (secondary N) is 2. The van der Waals surface area contributed by atoms with Gasteiger partial charge >= 0.3 is 0 Å². The molecule has 2 atom stereocenters. The molecule has 2 N–H and O–H groups in total. The number of hydrogen-bond donors (Lipinski definition) is 2. The van der Waals surface area contributed by atoms with Gasteiger partial charge in [0.25, 0.3) is 5.56 Å². The summed E-state index contributed by atoms with van der Waals surface area (Å²) in [6.07, 6.45) is 0.721. The first-order chi connectivity index (χ1) is 11.0. The molecule has 0 spiro atoms. The van der Waals surface area contributed by atoms with Gasteiger partial charge in [-0.1, -0.05) is 12.1 Å². The van der Waals surface area contributed by atoms with E-state index in [0.29, 0.717) is 5.56 Å². The van der Waals surface area contributed by atoms with Crippen molar-refractivity contribution in [2.75, 3.05) is 0 Å². The fourth-order valence-electron chi connectivity index (χ4n) is 3.00.